The summed E-state index contributed by atoms with van der Waals surface area (Å²) in [6.07, 6.45) is 0. The van der Waals surface area contributed by atoms with Crippen molar-refractivity contribution in [2.24, 2.45) is 0 Å². The summed E-state index contributed by atoms with van der Waals surface area (Å²) in [6.45, 7) is 0.316. The Morgan fingerprint density at radius 3 is 2.88 bits per heavy atom. The minimum Gasteiger partial charge on any atom is -0.485 e. The molecular weight excluding hydrogens is 314 g/mol. The molecule has 0 aliphatic heterocycles. The summed E-state index contributed by atoms with van der Waals surface area (Å²) in [6, 6.07) is 5.41. The first-order valence-corrected chi connectivity index (χ1v) is 6.29. The van der Waals surface area contributed by atoms with Crippen LogP contribution < -0.4 is 10.5 Å². The standard InChI is InChI=1S/C9H7BrClN3OS/c10-5-1-2-7(6(11)3-5)15-4-8-13-14-9(12)16-8/h1-3H,4H2,(H2,12,14). The first-order valence-electron chi connectivity index (χ1n) is 4.31. The Bertz CT molecular complexity index is 505. The average molecular weight is 321 g/mol. The fraction of sp³-hybridized carbons (Fsp3) is 0.111. The lowest BCUT2D eigenvalue weighted by Gasteiger charge is -2.05. The van der Waals surface area contributed by atoms with Gasteiger partial charge >= 0.3 is 0 Å². The second-order valence-corrected chi connectivity index (χ2v) is 5.31. The van der Waals surface area contributed by atoms with E-state index in [0.717, 1.165) is 9.48 Å². The zero-order valence-electron chi connectivity index (χ0n) is 7.98. The number of anilines is 1. The molecule has 0 radical (unpaired) electrons. The van der Waals surface area contributed by atoms with Crippen LogP contribution in [0, 0.1) is 0 Å². The predicted octanol–water partition coefficient (Wildman–Crippen LogP) is 3.12. The Balaban J connectivity index is 2.04. The highest BCUT2D eigenvalue weighted by Crippen LogP contribution is 2.28. The van der Waals surface area contributed by atoms with Crippen LogP contribution in [0.4, 0.5) is 5.13 Å². The van der Waals surface area contributed by atoms with Gasteiger partial charge < -0.3 is 10.5 Å². The molecule has 2 N–H and O–H groups in total. The summed E-state index contributed by atoms with van der Waals surface area (Å²) in [7, 11) is 0. The van der Waals surface area contributed by atoms with Gasteiger partial charge in [0.05, 0.1) is 5.02 Å². The Hall–Kier alpha value is -0.850. The topological polar surface area (TPSA) is 61.0 Å². The van der Waals surface area contributed by atoms with Crippen molar-refractivity contribution in [2.45, 2.75) is 6.61 Å². The second kappa shape index (κ2) is 4.99. The van der Waals surface area contributed by atoms with E-state index in [2.05, 4.69) is 26.1 Å². The van der Waals surface area contributed by atoms with Crippen LogP contribution in [0.1, 0.15) is 5.01 Å². The quantitative estimate of drug-likeness (QED) is 0.944. The minimum atomic E-state index is 0.316. The molecule has 0 saturated heterocycles. The maximum Gasteiger partial charge on any atom is 0.203 e. The fourth-order valence-corrected chi connectivity index (χ4v) is 2.31. The van der Waals surface area contributed by atoms with Gasteiger partial charge in [-0.05, 0) is 18.2 Å². The predicted molar refractivity (Wildman–Crippen MR) is 67.8 cm³/mol. The number of hydrogen-bond donors (Lipinski definition) is 1. The molecule has 1 heterocycles. The number of nitrogens with two attached hydrogens (primary N) is 1. The first kappa shape index (κ1) is 11.6. The first-order chi connectivity index (χ1) is 7.65. The molecule has 0 unspecified atom stereocenters. The lowest BCUT2D eigenvalue weighted by Crippen LogP contribution is -1.95. The number of nitrogen functional groups attached to an aromatic ring is 1. The van der Waals surface area contributed by atoms with Crippen molar-refractivity contribution < 1.29 is 4.74 Å². The molecule has 16 heavy (non-hydrogen) atoms. The molecule has 1 aromatic carbocycles. The Morgan fingerprint density at radius 1 is 1.44 bits per heavy atom. The fourth-order valence-electron chi connectivity index (χ4n) is 1.06. The lowest BCUT2D eigenvalue weighted by molar-refractivity contribution is 0.304. The lowest BCUT2D eigenvalue weighted by atomic mass is 10.3. The van der Waals surface area contributed by atoms with E-state index in [9.17, 15) is 0 Å². The van der Waals surface area contributed by atoms with Gasteiger partial charge in [-0.3, -0.25) is 0 Å². The molecule has 0 fully saturated rings. The van der Waals surface area contributed by atoms with E-state index in [1.54, 1.807) is 12.1 Å². The zero-order chi connectivity index (χ0) is 11.5. The molecule has 84 valence electrons. The second-order valence-electron chi connectivity index (χ2n) is 2.90. The SMILES string of the molecule is Nc1nnc(COc2ccc(Br)cc2Cl)s1. The molecule has 0 atom stereocenters. The molecule has 0 spiro atoms. The van der Waals surface area contributed by atoms with Gasteiger partial charge in [-0.25, -0.2) is 0 Å². The maximum absolute atomic E-state index is 5.99. The van der Waals surface area contributed by atoms with Gasteiger partial charge in [0, 0.05) is 4.47 Å². The van der Waals surface area contributed by atoms with E-state index in [4.69, 9.17) is 22.1 Å². The number of rotatable bonds is 3. The van der Waals surface area contributed by atoms with Gasteiger partial charge in [-0.15, -0.1) is 10.2 Å². The largest absolute Gasteiger partial charge is 0.485 e. The molecule has 2 rings (SSSR count). The van der Waals surface area contributed by atoms with Crippen LogP contribution in [0.15, 0.2) is 22.7 Å². The number of benzene rings is 1. The smallest absolute Gasteiger partial charge is 0.203 e. The number of hydrogen-bond acceptors (Lipinski definition) is 5. The summed E-state index contributed by atoms with van der Waals surface area (Å²) >= 11 is 10.6. The third-order valence-electron chi connectivity index (χ3n) is 1.73. The van der Waals surface area contributed by atoms with E-state index in [1.807, 2.05) is 6.07 Å². The molecule has 1 aromatic heterocycles. The van der Waals surface area contributed by atoms with E-state index < -0.39 is 0 Å². The van der Waals surface area contributed by atoms with Crippen molar-refractivity contribution in [1.82, 2.24) is 10.2 Å². The number of nitrogens with zero attached hydrogens (tertiary/aromatic N) is 2. The number of halogens is 2. The number of aromatic nitrogens is 2. The van der Waals surface area contributed by atoms with Gasteiger partial charge in [0.15, 0.2) is 5.01 Å². The molecule has 0 bridgehead atoms. The molecule has 0 aliphatic rings. The van der Waals surface area contributed by atoms with Gasteiger partial charge in [-0.2, -0.15) is 0 Å². The van der Waals surface area contributed by atoms with E-state index in [-0.39, 0.29) is 0 Å². The van der Waals surface area contributed by atoms with Crippen LogP contribution in [0.3, 0.4) is 0 Å². The van der Waals surface area contributed by atoms with E-state index >= 15 is 0 Å². The van der Waals surface area contributed by atoms with Crippen molar-refractivity contribution in [2.75, 3.05) is 5.73 Å². The molecule has 0 aliphatic carbocycles. The van der Waals surface area contributed by atoms with Gasteiger partial charge in [-0.1, -0.05) is 38.9 Å². The highest BCUT2D eigenvalue weighted by atomic mass is 79.9. The molecule has 4 nitrogen and oxygen atoms in total. The van der Waals surface area contributed by atoms with E-state index in [1.165, 1.54) is 11.3 Å². The Labute approximate surface area is 110 Å². The van der Waals surface area contributed by atoms with Crippen LogP contribution in [0.2, 0.25) is 5.02 Å². The van der Waals surface area contributed by atoms with Crippen LogP contribution >= 0.6 is 38.9 Å². The summed E-state index contributed by atoms with van der Waals surface area (Å²) in [5.74, 6) is 0.610. The maximum atomic E-state index is 5.99. The third kappa shape index (κ3) is 2.84. The van der Waals surface area contributed by atoms with Crippen molar-refractivity contribution >= 4 is 44.0 Å². The van der Waals surface area contributed by atoms with Crippen LogP contribution in [-0.2, 0) is 6.61 Å². The average Bonchev–Trinajstić information content (AvgIpc) is 2.63. The Morgan fingerprint density at radius 2 is 2.25 bits per heavy atom. The summed E-state index contributed by atoms with van der Waals surface area (Å²) in [5, 5.41) is 9.23. The summed E-state index contributed by atoms with van der Waals surface area (Å²) < 4.78 is 6.40. The van der Waals surface area contributed by atoms with Crippen LogP contribution in [0.25, 0.3) is 0 Å². The van der Waals surface area contributed by atoms with E-state index in [0.29, 0.717) is 22.5 Å². The molecule has 0 saturated carbocycles. The molecular formula is C9H7BrClN3OS. The highest BCUT2D eigenvalue weighted by molar-refractivity contribution is 9.10. The molecule has 0 amide bonds. The monoisotopic (exact) mass is 319 g/mol. The van der Waals surface area contributed by atoms with Gasteiger partial charge in [0.25, 0.3) is 0 Å². The van der Waals surface area contributed by atoms with Gasteiger partial charge in [0.2, 0.25) is 5.13 Å². The normalized spacial score (nSPS) is 10.4. The van der Waals surface area contributed by atoms with Crippen LogP contribution in [-0.4, -0.2) is 10.2 Å². The molecule has 7 heteroatoms. The third-order valence-corrected chi connectivity index (χ3v) is 3.24. The van der Waals surface area contributed by atoms with Crippen molar-refractivity contribution in [3.8, 4) is 5.75 Å². The summed E-state index contributed by atoms with van der Waals surface area (Å²) in [4.78, 5) is 0. The van der Waals surface area contributed by atoms with Crippen molar-refractivity contribution in [1.29, 1.82) is 0 Å². The van der Waals surface area contributed by atoms with Gasteiger partial charge in [0.1, 0.15) is 12.4 Å². The van der Waals surface area contributed by atoms with Crippen molar-refractivity contribution in [3.05, 3.63) is 32.7 Å². The summed E-state index contributed by atoms with van der Waals surface area (Å²) in [5.41, 5.74) is 5.45. The zero-order valence-corrected chi connectivity index (χ0v) is 11.1. The number of ether oxygens (including phenoxy) is 1. The Kier molecular flexibility index (Phi) is 3.63. The van der Waals surface area contributed by atoms with Crippen LogP contribution in [0.5, 0.6) is 5.75 Å². The van der Waals surface area contributed by atoms with Crippen molar-refractivity contribution in [3.63, 3.8) is 0 Å². The minimum absolute atomic E-state index is 0.316. The molecule has 2 aromatic rings. The highest BCUT2D eigenvalue weighted by Gasteiger charge is 2.05.